The number of benzene rings is 1. The first-order valence-corrected chi connectivity index (χ1v) is 12.6. The molecule has 3 aromatic heterocycles. The van der Waals surface area contributed by atoms with Gasteiger partial charge in [-0.25, -0.2) is 18.4 Å². The van der Waals surface area contributed by atoms with Gasteiger partial charge in [-0.3, -0.25) is 0 Å². The summed E-state index contributed by atoms with van der Waals surface area (Å²) in [6, 6.07) is 9.68. The maximum Gasteiger partial charge on any atom is 0.161 e. The van der Waals surface area contributed by atoms with Crippen molar-refractivity contribution >= 4 is 26.6 Å². The highest BCUT2D eigenvalue weighted by Gasteiger charge is 2.22. The molecule has 33 heavy (non-hydrogen) atoms. The predicted octanol–water partition coefficient (Wildman–Crippen LogP) is 3.18. The average Bonchev–Trinajstić information content (AvgIpc) is 3.40. The number of hydrogen-bond acceptors (Lipinski definition) is 8. The topological polar surface area (TPSA) is 114 Å². The molecule has 0 amide bonds. The third kappa shape index (κ3) is 4.62. The van der Waals surface area contributed by atoms with Crippen molar-refractivity contribution in [2.75, 3.05) is 31.2 Å². The van der Waals surface area contributed by atoms with E-state index in [0.717, 1.165) is 16.5 Å². The first kappa shape index (κ1) is 21.6. The lowest BCUT2D eigenvalue weighted by molar-refractivity contribution is 0.122. The Morgan fingerprint density at radius 1 is 1.06 bits per heavy atom. The van der Waals surface area contributed by atoms with Gasteiger partial charge in [0.05, 0.1) is 36.1 Å². The Balaban J connectivity index is 1.52. The van der Waals surface area contributed by atoms with Crippen molar-refractivity contribution in [1.82, 2.24) is 20.1 Å². The van der Waals surface area contributed by atoms with Crippen molar-refractivity contribution in [2.24, 2.45) is 0 Å². The van der Waals surface area contributed by atoms with E-state index < -0.39 is 9.84 Å². The van der Waals surface area contributed by atoms with Crippen LogP contribution in [0.4, 0.5) is 5.82 Å². The van der Waals surface area contributed by atoms with E-state index in [2.05, 4.69) is 20.0 Å². The van der Waals surface area contributed by atoms with Crippen molar-refractivity contribution in [3.63, 3.8) is 0 Å². The smallest absolute Gasteiger partial charge is 0.161 e. The number of aromatic amines is 1. The largest absolute Gasteiger partial charge is 0.378 e. The molecule has 0 aliphatic carbocycles. The third-order valence-electron chi connectivity index (χ3n) is 5.83. The lowest BCUT2D eigenvalue weighted by Gasteiger charge is -2.28. The second kappa shape index (κ2) is 8.60. The maximum atomic E-state index is 13.1. The number of morpholine rings is 1. The summed E-state index contributed by atoms with van der Waals surface area (Å²) in [5.41, 5.74) is 3.51. The van der Waals surface area contributed by atoms with Crippen LogP contribution in [0.5, 0.6) is 0 Å². The summed E-state index contributed by atoms with van der Waals surface area (Å²) in [5, 5.41) is 4.91. The molecule has 0 unspecified atom stereocenters. The van der Waals surface area contributed by atoms with E-state index in [0.29, 0.717) is 60.7 Å². The zero-order chi connectivity index (χ0) is 23.0. The van der Waals surface area contributed by atoms with Crippen LogP contribution in [0.15, 0.2) is 41.1 Å². The van der Waals surface area contributed by atoms with Gasteiger partial charge in [0.1, 0.15) is 11.6 Å². The van der Waals surface area contributed by atoms with E-state index in [9.17, 15) is 8.42 Å². The van der Waals surface area contributed by atoms with Gasteiger partial charge < -0.3 is 19.1 Å². The number of nitrogens with zero attached hydrogens (tertiary/aromatic N) is 4. The molecule has 4 heterocycles. The number of H-pyrrole nitrogens is 1. The van der Waals surface area contributed by atoms with Crippen LogP contribution in [0, 0.1) is 13.8 Å². The maximum absolute atomic E-state index is 13.1. The lowest BCUT2D eigenvalue weighted by atomic mass is 10.1. The molecule has 1 aliphatic rings. The van der Waals surface area contributed by atoms with E-state index in [1.54, 1.807) is 19.9 Å². The molecule has 9 nitrogen and oxygen atoms in total. The molecule has 1 saturated heterocycles. The standard InChI is InChI=1S/C23H25N5O4S/c1-15-20(16(2)32-27-15)14-33(29,30)13-19-12-22(28-7-9-31-10-8-28)26-23(25-19)18-3-4-21-17(11-18)5-6-24-21/h3-6,11-12,24H,7-10,13-14H2,1-2H3. The van der Waals surface area contributed by atoms with Gasteiger partial charge in [-0.15, -0.1) is 0 Å². The number of anilines is 1. The highest BCUT2D eigenvalue weighted by Crippen LogP contribution is 2.26. The second-order valence-electron chi connectivity index (χ2n) is 8.26. The zero-order valence-electron chi connectivity index (χ0n) is 18.5. The van der Waals surface area contributed by atoms with Crippen molar-refractivity contribution in [1.29, 1.82) is 0 Å². The van der Waals surface area contributed by atoms with Crippen LogP contribution in [0.2, 0.25) is 0 Å². The molecule has 0 spiro atoms. The monoisotopic (exact) mass is 467 g/mol. The fraction of sp³-hybridized carbons (Fsp3) is 0.348. The number of ether oxygens (including phenoxy) is 1. The van der Waals surface area contributed by atoms with Crippen LogP contribution in [0.25, 0.3) is 22.3 Å². The Labute approximate surface area is 191 Å². The highest BCUT2D eigenvalue weighted by molar-refractivity contribution is 7.89. The van der Waals surface area contributed by atoms with E-state index in [1.807, 2.05) is 30.5 Å². The molecule has 0 atom stereocenters. The van der Waals surface area contributed by atoms with Gasteiger partial charge in [-0.2, -0.15) is 0 Å². The van der Waals surface area contributed by atoms with Gasteiger partial charge in [0.25, 0.3) is 0 Å². The van der Waals surface area contributed by atoms with E-state index in [-0.39, 0.29) is 11.5 Å². The molecule has 1 N–H and O–H groups in total. The molecule has 10 heteroatoms. The molecule has 172 valence electrons. The molecule has 4 aromatic rings. The average molecular weight is 468 g/mol. The van der Waals surface area contributed by atoms with Crippen LogP contribution in [-0.4, -0.2) is 54.8 Å². The molecular formula is C23H25N5O4S. The Kier molecular flexibility index (Phi) is 5.63. The number of rotatable bonds is 6. The van der Waals surface area contributed by atoms with Crippen molar-refractivity contribution in [3.05, 3.63) is 59.2 Å². The minimum atomic E-state index is -3.51. The Morgan fingerprint density at radius 3 is 2.64 bits per heavy atom. The number of aryl methyl sites for hydroxylation is 2. The van der Waals surface area contributed by atoms with Crippen LogP contribution in [0.1, 0.15) is 22.7 Å². The molecule has 1 aliphatic heterocycles. The van der Waals surface area contributed by atoms with E-state index >= 15 is 0 Å². The number of aromatic nitrogens is 4. The summed E-state index contributed by atoms with van der Waals surface area (Å²) in [4.78, 5) is 14.7. The van der Waals surface area contributed by atoms with Crippen molar-refractivity contribution < 1.29 is 17.7 Å². The van der Waals surface area contributed by atoms with Gasteiger partial charge in [-0.1, -0.05) is 5.16 Å². The summed E-state index contributed by atoms with van der Waals surface area (Å²) >= 11 is 0. The zero-order valence-corrected chi connectivity index (χ0v) is 19.4. The Hall–Kier alpha value is -3.24. The fourth-order valence-electron chi connectivity index (χ4n) is 4.04. The quantitative estimate of drug-likeness (QED) is 0.460. The number of nitrogens with one attached hydrogen (secondary N) is 1. The molecule has 0 saturated carbocycles. The van der Waals surface area contributed by atoms with E-state index in [1.165, 1.54) is 0 Å². The minimum absolute atomic E-state index is 0.143. The lowest BCUT2D eigenvalue weighted by Crippen LogP contribution is -2.37. The first-order valence-electron chi connectivity index (χ1n) is 10.8. The Bertz CT molecular complexity index is 1380. The minimum Gasteiger partial charge on any atom is -0.378 e. The number of sulfone groups is 1. The van der Waals surface area contributed by atoms with Crippen LogP contribution in [-0.2, 0) is 26.1 Å². The predicted molar refractivity (Wildman–Crippen MR) is 125 cm³/mol. The van der Waals surface area contributed by atoms with Gasteiger partial charge in [0.2, 0.25) is 0 Å². The summed E-state index contributed by atoms with van der Waals surface area (Å²) in [7, 11) is -3.51. The van der Waals surface area contributed by atoms with Gasteiger partial charge in [-0.05, 0) is 38.1 Å². The summed E-state index contributed by atoms with van der Waals surface area (Å²) in [6.45, 7) is 6.07. The van der Waals surface area contributed by atoms with Gasteiger partial charge in [0, 0.05) is 47.4 Å². The van der Waals surface area contributed by atoms with Crippen molar-refractivity contribution in [3.8, 4) is 11.4 Å². The molecule has 0 bridgehead atoms. The second-order valence-corrected chi connectivity index (χ2v) is 10.3. The van der Waals surface area contributed by atoms with Gasteiger partial charge >= 0.3 is 0 Å². The van der Waals surface area contributed by atoms with Crippen molar-refractivity contribution in [2.45, 2.75) is 25.4 Å². The Morgan fingerprint density at radius 2 is 1.88 bits per heavy atom. The van der Waals surface area contributed by atoms with Gasteiger partial charge in [0.15, 0.2) is 15.7 Å². The highest BCUT2D eigenvalue weighted by atomic mass is 32.2. The summed E-state index contributed by atoms with van der Waals surface area (Å²) < 4.78 is 36.8. The van der Waals surface area contributed by atoms with E-state index in [4.69, 9.17) is 14.2 Å². The molecule has 1 fully saturated rings. The number of hydrogen-bond donors (Lipinski definition) is 1. The third-order valence-corrected chi connectivity index (χ3v) is 7.29. The fourth-order valence-corrected chi connectivity index (χ4v) is 5.59. The van der Waals surface area contributed by atoms with Crippen LogP contribution < -0.4 is 4.90 Å². The molecule has 1 aromatic carbocycles. The summed E-state index contributed by atoms with van der Waals surface area (Å²) in [6.07, 6.45) is 1.88. The first-order chi connectivity index (χ1) is 15.9. The molecule has 5 rings (SSSR count). The molecular weight excluding hydrogens is 442 g/mol. The number of fused-ring (bicyclic) bond motifs is 1. The normalized spacial score (nSPS) is 14.8. The molecule has 0 radical (unpaired) electrons. The SMILES string of the molecule is Cc1noc(C)c1CS(=O)(=O)Cc1cc(N2CCOCC2)nc(-c2ccc3[nH]ccc3c2)n1. The van der Waals surface area contributed by atoms with Crippen LogP contribution in [0.3, 0.4) is 0 Å². The summed E-state index contributed by atoms with van der Waals surface area (Å²) in [5.74, 6) is 1.39. The van der Waals surface area contributed by atoms with Crippen LogP contribution >= 0.6 is 0 Å².